The third-order valence-corrected chi connectivity index (χ3v) is 6.18. The van der Waals surface area contributed by atoms with E-state index in [4.69, 9.17) is 0 Å². The van der Waals surface area contributed by atoms with Gasteiger partial charge in [0, 0.05) is 37.1 Å². The molecule has 4 rings (SSSR count). The summed E-state index contributed by atoms with van der Waals surface area (Å²) in [5.74, 6) is -0.692. The van der Waals surface area contributed by atoms with Crippen molar-refractivity contribution in [2.45, 2.75) is 50.9 Å². The van der Waals surface area contributed by atoms with Crippen molar-refractivity contribution in [2.75, 3.05) is 24.3 Å². The Kier molecular flexibility index (Phi) is 6.82. The number of hydrogen-bond acceptors (Lipinski definition) is 5. The van der Waals surface area contributed by atoms with E-state index in [2.05, 4.69) is 26.7 Å². The second-order valence-corrected chi connectivity index (χ2v) is 9.14. The zero-order valence-electron chi connectivity index (χ0n) is 19.7. The van der Waals surface area contributed by atoms with Crippen LogP contribution in [0.15, 0.2) is 36.4 Å². The van der Waals surface area contributed by atoms with Crippen LogP contribution in [-0.4, -0.2) is 42.1 Å². The molecule has 0 unspecified atom stereocenters. The fourth-order valence-electron chi connectivity index (χ4n) is 4.35. The summed E-state index contributed by atoms with van der Waals surface area (Å²) in [6.45, 7) is 2.02. The Morgan fingerprint density at radius 3 is 2.34 bits per heavy atom. The van der Waals surface area contributed by atoms with Crippen molar-refractivity contribution in [3.05, 3.63) is 58.9 Å². The van der Waals surface area contributed by atoms with Crippen LogP contribution in [0.2, 0.25) is 0 Å². The number of aryl methyl sites for hydroxylation is 1. The molecule has 0 bridgehead atoms. The molecule has 1 fully saturated rings. The van der Waals surface area contributed by atoms with Crippen LogP contribution in [0, 0.1) is 12.7 Å². The maximum atomic E-state index is 13.5. The lowest BCUT2D eigenvalue weighted by Crippen LogP contribution is -2.40. The predicted molar refractivity (Wildman–Crippen MR) is 127 cm³/mol. The number of alkyl halides is 3. The molecule has 0 saturated heterocycles. The Labute approximate surface area is 200 Å². The van der Waals surface area contributed by atoms with Gasteiger partial charge in [-0.1, -0.05) is 11.6 Å². The summed E-state index contributed by atoms with van der Waals surface area (Å²) < 4.78 is 52.4. The summed E-state index contributed by atoms with van der Waals surface area (Å²) in [5.41, 5.74) is 0.312. The van der Waals surface area contributed by atoms with Gasteiger partial charge in [0.2, 0.25) is 5.95 Å². The summed E-state index contributed by atoms with van der Waals surface area (Å²) in [7, 11) is 3.86. The number of rotatable bonds is 5. The first-order chi connectivity index (χ1) is 16.5. The van der Waals surface area contributed by atoms with Gasteiger partial charge in [0.15, 0.2) is 0 Å². The number of benzene rings is 2. The molecular formula is C25H27F4N5O. The topological polar surface area (TPSA) is 70.1 Å². The van der Waals surface area contributed by atoms with E-state index in [9.17, 15) is 22.4 Å². The molecule has 0 atom stereocenters. The van der Waals surface area contributed by atoms with Crippen LogP contribution >= 0.6 is 0 Å². The van der Waals surface area contributed by atoms with Crippen molar-refractivity contribution in [3.63, 3.8) is 0 Å². The average Bonchev–Trinajstić information content (AvgIpc) is 2.79. The van der Waals surface area contributed by atoms with E-state index in [1.807, 2.05) is 38.1 Å². The maximum Gasteiger partial charge on any atom is 0.419 e. The van der Waals surface area contributed by atoms with Crippen molar-refractivity contribution in [1.29, 1.82) is 0 Å². The minimum absolute atomic E-state index is 0.101. The van der Waals surface area contributed by atoms with Crippen LogP contribution in [0.5, 0.6) is 0 Å². The molecule has 35 heavy (non-hydrogen) atoms. The quantitative estimate of drug-likeness (QED) is 0.475. The zero-order chi connectivity index (χ0) is 25.3. The van der Waals surface area contributed by atoms with E-state index >= 15 is 0 Å². The van der Waals surface area contributed by atoms with E-state index < -0.39 is 23.5 Å². The monoisotopic (exact) mass is 489 g/mol. The van der Waals surface area contributed by atoms with Crippen LogP contribution in [0.25, 0.3) is 10.9 Å². The third kappa shape index (κ3) is 5.63. The Balaban J connectivity index is 1.39. The molecular weight excluding hydrogens is 462 g/mol. The molecule has 0 radical (unpaired) electrons. The SMILES string of the molecule is Cc1ccc2nc(NC3CCC(NC(=O)c4ccc(F)c(C(F)(F)F)c4)CC3)nc(N(C)C)c2c1. The first-order valence-corrected chi connectivity index (χ1v) is 11.4. The van der Waals surface area contributed by atoms with Gasteiger partial charge in [-0.3, -0.25) is 4.79 Å². The van der Waals surface area contributed by atoms with Gasteiger partial charge < -0.3 is 15.5 Å². The van der Waals surface area contributed by atoms with Gasteiger partial charge in [0.25, 0.3) is 5.91 Å². The second kappa shape index (κ2) is 9.67. The van der Waals surface area contributed by atoms with Crippen molar-refractivity contribution in [2.24, 2.45) is 0 Å². The molecule has 10 heteroatoms. The smallest absolute Gasteiger partial charge is 0.362 e. The summed E-state index contributed by atoms with van der Waals surface area (Å²) >= 11 is 0. The molecule has 1 amide bonds. The zero-order valence-corrected chi connectivity index (χ0v) is 19.7. The molecule has 1 aliphatic carbocycles. The predicted octanol–water partition coefficient (Wildman–Crippen LogP) is 5.32. The number of fused-ring (bicyclic) bond motifs is 1. The van der Waals surface area contributed by atoms with E-state index in [0.29, 0.717) is 30.9 Å². The fourth-order valence-corrected chi connectivity index (χ4v) is 4.35. The molecule has 6 nitrogen and oxygen atoms in total. The Hall–Kier alpha value is -3.43. The first kappa shape index (κ1) is 24.7. The Bertz CT molecular complexity index is 1240. The molecule has 1 aliphatic rings. The van der Waals surface area contributed by atoms with Crippen LogP contribution in [0.3, 0.4) is 0 Å². The molecule has 2 aromatic carbocycles. The molecule has 3 aromatic rings. The summed E-state index contributed by atoms with van der Waals surface area (Å²) in [6.07, 6.45) is -2.11. The highest BCUT2D eigenvalue weighted by atomic mass is 19.4. The number of carbonyl (C=O) groups is 1. The van der Waals surface area contributed by atoms with Crippen molar-refractivity contribution in [1.82, 2.24) is 15.3 Å². The van der Waals surface area contributed by atoms with E-state index in [0.717, 1.165) is 41.2 Å². The van der Waals surface area contributed by atoms with Gasteiger partial charge in [0.1, 0.15) is 11.6 Å². The largest absolute Gasteiger partial charge is 0.419 e. The number of aromatic nitrogens is 2. The number of halogens is 4. The van der Waals surface area contributed by atoms with Crippen molar-refractivity contribution in [3.8, 4) is 0 Å². The molecule has 0 spiro atoms. The number of hydrogen-bond donors (Lipinski definition) is 2. The third-order valence-electron chi connectivity index (χ3n) is 6.18. The van der Waals surface area contributed by atoms with E-state index in [1.54, 1.807) is 0 Å². The standard InChI is InChI=1S/C25H27F4N5O/c1-14-4-11-21-18(12-14)22(34(2)3)33-24(32-21)31-17-8-6-16(7-9-17)30-23(35)15-5-10-20(26)19(13-15)25(27,28)29/h4-5,10-13,16-17H,6-9H2,1-3H3,(H,30,35)(H,31,32,33). The van der Waals surface area contributed by atoms with Crippen LogP contribution in [0.4, 0.5) is 29.3 Å². The Morgan fingerprint density at radius 2 is 1.69 bits per heavy atom. The number of amides is 1. The van der Waals surface area contributed by atoms with Crippen LogP contribution < -0.4 is 15.5 Å². The van der Waals surface area contributed by atoms with Gasteiger partial charge in [0.05, 0.1) is 11.1 Å². The highest BCUT2D eigenvalue weighted by Gasteiger charge is 2.35. The van der Waals surface area contributed by atoms with Crippen LogP contribution in [-0.2, 0) is 6.18 Å². The minimum Gasteiger partial charge on any atom is -0.362 e. The van der Waals surface area contributed by atoms with Gasteiger partial charge in [-0.15, -0.1) is 0 Å². The second-order valence-electron chi connectivity index (χ2n) is 9.14. The normalized spacial score (nSPS) is 18.4. The van der Waals surface area contributed by atoms with Gasteiger partial charge >= 0.3 is 6.18 Å². The summed E-state index contributed by atoms with van der Waals surface area (Å²) in [5, 5.41) is 7.14. The fraction of sp³-hybridized carbons (Fsp3) is 0.400. The van der Waals surface area contributed by atoms with Gasteiger partial charge in [-0.2, -0.15) is 18.2 Å². The lowest BCUT2D eigenvalue weighted by Gasteiger charge is -2.30. The number of nitrogens with zero attached hydrogens (tertiary/aromatic N) is 3. The summed E-state index contributed by atoms with van der Waals surface area (Å²) in [4.78, 5) is 23.8. The number of nitrogens with one attached hydrogen (secondary N) is 2. The van der Waals surface area contributed by atoms with Gasteiger partial charge in [-0.25, -0.2) is 9.37 Å². The summed E-state index contributed by atoms with van der Waals surface area (Å²) in [6, 6.07) is 8.24. The van der Waals surface area contributed by atoms with Crippen molar-refractivity contribution < 1.29 is 22.4 Å². The average molecular weight is 490 g/mol. The number of carbonyl (C=O) groups excluding carboxylic acids is 1. The van der Waals surface area contributed by atoms with Crippen molar-refractivity contribution >= 4 is 28.6 Å². The minimum atomic E-state index is -4.86. The molecule has 1 aromatic heterocycles. The lowest BCUT2D eigenvalue weighted by molar-refractivity contribution is -0.140. The highest BCUT2D eigenvalue weighted by molar-refractivity contribution is 5.94. The van der Waals surface area contributed by atoms with E-state index in [1.165, 1.54) is 0 Å². The molecule has 2 N–H and O–H groups in total. The number of anilines is 2. The molecule has 186 valence electrons. The molecule has 1 heterocycles. The van der Waals surface area contributed by atoms with Gasteiger partial charge in [-0.05, 0) is 62.9 Å². The Morgan fingerprint density at radius 1 is 1.00 bits per heavy atom. The first-order valence-electron chi connectivity index (χ1n) is 11.4. The maximum absolute atomic E-state index is 13.5. The molecule has 1 saturated carbocycles. The molecule has 0 aliphatic heterocycles. The lowest BCUT2D eigenvalue weighted by atomic mass is 9.91. The highest BCUT2D eigenvalue weighted by Crippen LogP contribution is 2.32. The van der Waals surface area contributed by atoms with E-state index in [-0.39, 0.29) is 17.6 Å². The van der Waals surface area contributed by atoms with Crippen LogP contribution in [0.1, 0.15) is 47.2 Å².